The van der Waals surface area contributed by atoms with Crippen LogP contribution in [0.3, 0.4) is 0 Å². The van der Waals surface area contributed by atoms with Crippen LogP contribution in [0.15, 0.2) is 47.4 Å². The Morgan fingerprint density at radius 1 is 1.18 bits per heavy atom. The lowest BCUT2D eigenvalue weighted by Gasteiger charge is -2.11. The van der Waals surface area contributed by atoms with Crippen molar-refractivity contribution in [1.82, 2.24) is 20.1 Å². The number of alkyl halides is 3. The van der Waals surface area contributed by atoms with Crippen LogP contribution in [0.5, 0.6) is 5.75 Å². The number of ether oxygens (including phenoxy) is 1. The number of fused-ring (bicyclic) bond motifs is 1. The maximum Gasteiger partial charge on any atom is 0.573 e. The van der Waals surface area contributed by atoms with Crippen LogP contribution in [0.1, 0.15) is 17.4 Å². The first-order chi connectivity index (χ1) is 15.5. The SMILES string of the molecule is [B]C([B])=C([B])C(=O)NCc1nn(-c2ccc(OC(F)(F)F)cc2)c2nccc([C@H](O)CO)c12. The van der Waals surface area contributed by atoms with E-state index in [9.17, 15) is 28.2 Å². The number of halogens is 3. The molecule has 3 rings (SSSR count). The topological polar surface area (TPSA) is 110 Å². The van der Waals surface area contributed by atoms with Crippen LogP contribution in [0.25, 0.3) is 16.7 Å². The van der Waals surface area contributed by atoms with Gasteiger partial charge in [-0.15, -0.1) is 13.2 Å². The number of aliphatic hydroxyl groups excluding tert-OH is 2. The molecular formula is C19H14B3F3N4O4. The smallest absolute Gasteiger partial charge is 0.406 e. The number of hydrogen-bond acceptors (Lipinski definition) is 6. The second kappa shape index (κ2) is 9.71. The zero-order chi connectivity index (χ0) is 24.3. The van der Waals surface area contributed by atoms with Gasteiger partial charge in [-0.3, -0.25) is 4.79 Å². The van der Waals surface area contributed by atoms with Gasteiger partial charge in [0.15, 0.2) is 5.65 Å². The minimum Gasteiger partial charge on any atom is -0.406 e. The van der Waals surface area contributed by atoms with E-state index in [2.05, 4.69) is 20.1 Å². The van der Waals surface area contributed by atoms with Crippen molar-refractivity contribution in [3.63, 3.8) is 0 Å². The van der Waals surface area contributed by atoms with E-state index in [0.717, 1.165) is 12.1 Å². The van der Waals surface area contributed by atoms with E-state index < -0.39 is 36.2 Å². The van der Waals surface area contributed by atoms with E-state index in [0.29, 0.717) is 11.1 Å². The number of carbonyl (C=O) groups excluding carboxylic acids is 1. The first-order valence-corrected chi connectivity index (χ1v) is 9.32. The molecule has 6 radical (unpaired) electrons. The predicted octanol–water partition coefficient (Wildman–Crippen LogP) is 0.636. The number of nitrogens with zero attached hydrogens (tertiary/aromatic N) is 3. The number of aliphatic hydroxyl groups is 2. The normalized spacial score (nSPS) is 12.4. The van der Waals surface area contributed by atoms with E-state index in [-0.39, 0.29) is 28.8 Å². The van der Waals surface area contributed by atoms with Crippen molar-refractivity contribution in [2.24, 2.45) is 0 Å². The zero-order valence-electron chi connectivity index (χ0n) is 16.9. The standard InChI is InChI=1S/C19H14B3F3N4O4/c20-15(16(21)22)18(32)27-7-12-14-11(13(31)8-30)5-6-26-17(14)29(28-12)9-1-3-10(4-2-9)33-19(23,24)25/h1-6,13,30-31H,7-8H2,(H,27,32)/t13-/m1/s1. The third-order valence-electron chi connectivity index (χ3n) is 4.49. The molecule has 1 amide bonds. The molecule has 0 unspecified atom stereocenters. The van der Waals surface area contributed by atoms with Gasteiger partial charge in [0.25, 0.3) is 0 Å². The molecular weight excluding hydrogens is 438 g/mol. The van der Waals surface area contributed by atoms with E-state index in [1.807, 2.05) is 0 Å². The zero-order valence-corrected chi connectivity index (χ0v) is 16.9. The Bertz CT molecular complexity index is 1200. The summed E-state index contributed by atoms with van der Waals surface area (Å²) in [4.78, 5) is 16.3. The largest absolute Gasteiger partial charge is 0.573 e. The maximum absolute atomic E-state index is 12.4. The lowest BCUT2D eigenvalue weighted by Crippen LogP contribution is -2.26. The van der Waals surface area contributed by atoms with Crippen LogP contribution in [0.4, 0.5) is 13.2 Å². The highest BCUT2D eigenvalue weighted by Crippen LogP contribution is 2.29. The number of aromatic nitrogens is 3. The second-order valence-electron chi connectivity index (χ2n) is 6.75. The minimum atomic E-state index is -4.84. The Morgan fingerprint density at radius 2 is 1.85 bits per heavy atom. The van der Waals surface area contributed by atoms with Crippen LogP contribution < -0.4 is 10.1 Å². The van der Waals surface area contributed by atoms with Crippen molar-refractivity contribution < 1.29 is 32.9 Å². The van der Waals surface area contributed by atoms with E-state index in [1.54, 1.807) is 0 Å². The van der Waals surface area contributed by atoms with E-state index in [4.69, 9.17) is 23.5 Å². The lowest BCUT2D eigenvalue weighted by molar-refractivity contribution is -0.274. The quantitative estimate of drug-likeness (QED) is 0.359. The summed E-state index contributed by atoms with van der Waals surface area (Å²) in [5.74, 6) is -1.19. The molecule has 2 aromatic heterocycles. The van der Waals surface area contributed by atoms with Crippen molar-refractivity contribution in [1.29, 1.82) is 0 Å². The van der Waals surface area contributed by atoms with Crippen LogP contribution in [0, 0.1) is 0 Å². The van der Waals surface area contributed by atoms with Crippen LogP contribution in [0.2, 0.25) is 0 Å². The molecule has 8 nitrogen and oxygen atoms in total. The highest BCUT2D eigenvalue weighted by Gasteiger charge is 2.31. The fraction of sp³-hybridized carbons (Fsp3) is 0.211. The molecule has 0 spiro atoms. The monoisotopic (exact) mass is 452 g/mol. The summed E-state index contributed by atoms with van der Waals surface area (Å²) in [5.41, 5.74) is 0.647. The average molecular weight is 452 g/mol. The van der Waals surface area contributed by atoms with Crippen molar-refractivity contribution in [3.05, 3.63) is 58.6 Å². The molecule has 3 aromatic rings. The molecule has 1 atom stereocenters. The fourth-order valence-corrected chi connectivity index (χ4v) is 3.00. The summed E-state index contributed by atoms with van der Waals surface area (Å²) in [7, 11) is 16.1. The van der Waals surface area contributed by atoms with Gasteiger partial charge in [0, 0.05) is 6.20 Å². The Balaban J connectivity index is 2.06. The number of amides is 1. The molecule has 0 aliphatic heterocycles. The number of carbonyl (C=O) groups is 1. The van der Waals surface area contributed by atoms with Gasteiger partial charge in [0.2, 0.25) is 5.91 Å². The highest BCUT2D eigenvalue weighted by atomic mass is 19.4. The van der Waals surface area contributed by atoms with Gasteiger partial charge >= 0.3 is 6.36 Å². The number of rotatable bonds is 7. The van der Waals surface area contributed by atoms with Crippen LogP contribution >= 0.6 is 0 Å². The van der Waals surface area contributed by atoms with Gasteiger partial charge in [0.05, 0.1) is 45.6 Å². The third kappa shape index (κ3) is 5.58. The summed E-state index contributed by atoms with van der Waals surface area (Å²) in [6, 6.07) is 6.30. The molecule has 0 fully saturated rings. The van der Waals surface area contributed by atoms with Crippen molar-refractivity contribution in [2.75, 3.05) is 6.61 Å². The molecule has 0 bridgehead atoms. The van der Waals surface area contributed by atoms with Crippen molar-refractivity contribution in [3.8, 4) is 11.4 Å². The Labute approximate surface area is 189 Å². The van der Waals surface area contributed by atoms with Gasteiger partial charge in [-0.05, 0) is 35.9 Å². The summed E-state index contributed by atoms with van der Waals surface area (Å²) >= 11 is 0. The Hall–Kier alpha value is -3.25. The first-order valence-electron chi connectivity index (χ1n) is 9.32. The number of benzene rings is 1. The molecule has 164 valence electrons. The first kappa shape index (κ1) is 24.4. The molecule has 3 N–H and O–H groups in total. The summed E-state index contributed by atoms with van der Waals surface area (Å²) in [6.07, 6.45) is -4.76. The Kier molecular flexibility index (Phi) is 7.18. The average Bonchev–Trinajstić information content (AvgIpc) is 3.14. The number of pyridine rings is 1. The third-order valence-corrected chi connectivity index (χ3v) is 4.49. The summed E-state index contributed by atoms with van der Waals surface area (Å²) in [6.45, 7) is -0.790. The highest BCUT2D eigenvalue weighted by molar-refractivity contribution is 6.55. The summed E-state index contributed by atoms with van der Waals surface area (Å²) in [5, 5.41) is 26.5. The second-order valence-corrected chi connectivity index (χ2v) is 6.75. The van der Waals surface area contributed by atoms with Crippen molar-refractivity contribution in [2.45, 2.75) is 19.0 Å². The summed E-state index contributed by atoms with van der Waals surface area (Å²) < 4.78 is 42.5. The molecule has 0 aliphatic rings. The maximum atomic E-state index is 12.4. The molecule has 33 heavy (non-hydrogen) atoms. The minimum absolute atomic E-state index is 0.192. The van der Waals surface area contributed by atoms with Crippen LogP contribution in [-0.2, 0) is 11.3 Å². The fourth-order valence-electron chi connectivity index (χ4n) is 3.00. The lowest BCUT2D eigenvalue weighted by atomic mass is 9.69. The van der Waals surface area contributed by atoms with Gasteiger partial charge in [-0.25, -0.2) is 9.67 Å². The van der Waals surface area contributed by atoms with Gasteiger partial charge < -0.3 is 20.3 Å². The van der Waals surface area contributed by atoms with Gasteiger partial charge in [-0.1, -0.05) is 5.47 Å². The molecule has 1 aromatic carbocycles. The van der Waals surface area contributed by atoms with Gasteiger partial charge in [0.1, 0.15) is 19.7 Å². The van der Waals surface area contributed by atoms with E-state index >= 15 is 0 Å². The number of hydrogen-bond donors (Lipinski definition) is 3. The van der Waals surface area contributed by atoms with Crippen molar-refractivity contribution >= 4 is 40.5 Å². The molecule has 2 heterocycles. The van der Waals surface area contributed by atoms with E-state index in [1.165, 1.54) is 29.1 Å². The number of nitrogens with one attached hydrogen (secondary N) is 1. The molecule has 0 aliphatic carbocycles. The predicted molar refractivity (Wildman–Crippen MR) is 114 cm³/mol. The van der Waals surface area contributed by atoms with Gasteiger partial charge in [-0.2, -0.15) is 10.5 Å². The Morgan fingerprint density at radius 3 is 2.42 bits per heavy atom. The van der Waals surface area contributed by atoms with Crippen LogP contribution in [-0.4, -0.2) is 67.4 Å². The molecule has 14 heteroatoms. The molecule has 0 saturated carbocycles. The molecule has 0 saturated heterocycles.